The molecule has 0 aliphatic heterocycles. The van der Waals surface area contributed by atoms with Gasteiger partial charge in [-0.25, -0.2) is 9.97 Å². The fourth-order valence-electron chi connectivity index (χ4n) is 4.28. The SMILES string of the molecule is Cc1ncc(-c2ccc3c(c2)c2cccnc2c2cc(-c4cnc(C)[nH]4)ccc32)[nH]1. The van der Waals surface area contributed by atoms with E-state index in [0.717, 1.165) is 50.5 Å². The quantitative estimate of drug-likeness (QED) is 0.360. The Bertz CT molecular complexity index is 1430. The second-order valence-corrected chi connectivity index (χ2v) is 7.68. The molecule has 6 aromatic rings. The highest BCUT2D eigenvalue weighted by molar-refractivity contribution is 6.25. The summed E-state index contributed by atoms with van der Waals surface area (Å²) >= 11 is 0. The minimum atomic E-state index is 0.910. The molecule has 5 heteroatoms. The van der Waals surface area contributed by atoms with E-state index in [1.807, 2.05) is 38.5 Å². The van der Waals surface area contributed by atoms with Crippen LogP contribution in [-0.2, 0) is 0 Å². The molecule has 3 heterocycles. The highest BCUT2D eigenvalue weighted by atomic mass is 14.9. The minimum absolute atomic E-state index is 0.910. The highest BCUT2D eigenvalue weighted by Gasteiger charge is 2.13. The molecule has 6 rings (SSSR count). The maximum atomic E-state index is 4.76. The number of aryl methyl sites for hydroxylation is 2. The maximum Gasteiger partial charge on any atom is 0.103 e. The van der Waals surface area contributed by atoms with E-state index in [1.165, 1.54) is 16.2 Å². The zero-order valence-corrected chi connectivity index (χ0v) is 16.7. The summed E-state index contributed by atoms with van der Waals surface area (Å²) in [6.07, 6.45) is 5.63. The molecule has 0 amide bonds. The van der Waals surface area contributed by atoms with Gasteiger partial charge in [0.05, 0.1) is 29.3 Å². The number of nitrogens with zero attached hydrogens (tertiary/aromatic N) is 3. The van der Waals surface area contributed by atoms with E-state index in [0.29, 0.717) is 0 Å². The van der Waals surface area contributed by atoms with Gasteiger partial charge in [0.25, 0.3) is 0 Å². The number of hydrogen-bond donors (Lipinski definition) is 2. The van der Waals surface area contributed by atoms with Crippen molar-refractivity contribution in [2.45, 2.75) is 13.8 Å². The first-order chi connectivity index (χ1) is 14.7. The summed E-state index contributed by atoms with van der Waals surface area (Å²) in [5.41, 5.74) is 5.28. The predicted molar refractivity (Wildman–Crippen MR) is 121 cm³/mol. The van der Waals surface area contributed by atoms with Crippen molar-refractivity contribution in [3.05, 3.63) is 78.8 Å². The molecular weight excluding hydrogens is 370 g/mol. The number of benzene rings is 3. The van der Waals surface area contributed by atoms with Crippen LogP contribution >= 0.6 is 0 Å². The Labute approximate surface area is 172 Å². The van der Waals surface area contributed by atoms with Crippen LogP contribution < -0.4 is 0 Å². The number of hydrogen-bond acceptors (Lipinski definition) is 3. The summed E-state index contributed by atoms with van der Waals surface area (Å²) in [7, 11) is 0. The Kier molecular flexibility index (Phi) is 3.53. The molecule has 0 atom stereocenters. The molecule has 0 radical (unpaired) electrons. The third-order valence-corrected chi connectivity index (χ3v) is 5.71. The standard InChI is InChI=1S/C25H19N5/c1-14-27-12-23(29-14)16-5-7-18-19-8-6-17(24-13-28-15(2)30-24)11-22(19)25-20(21(18)10-16)4-3-9-26-25/h3-13H,1-2H3,(H,27,29)(H,28,30). The van der Waals surface area contributed by atoms with Crippen LogP contribution in [0.1, 0.15) is 11.6 Å². The molecule has 0 unspecified atom stereocenters. The van der Waals surface area contributed by atoms with Gasteiger partial charge < -0.3 is 9.97 Å². The van der Waals surface area contributed by atoms with Crippen molar-refractivity contribution in [1.82, 2.24) is 24.9 Å². The number of aromatic amines is 2. The molecule has 5 nitrogen and oxygen atoms in total. The summed E-state index contributed by atoms with van der Waals surface area (Å²) in [5, 5.41) is 5.91. The second-order valence-electron chi connectivity index (χ2n) is 7.68. The highest BCUT2D eigenvalue weighted by Crippen LogP contribution is 2.37. The lowest BCUT2D eigenvalue weighted by atomic mass is 9.94. The molecule has 0 saturated heterocycles. The van der Waals surface area contributed by atoms with Crippen LogP contribution in [0.4, 0.5) is 0 Å². The van der Waals surface area contributed by atoms with E-state index in [1.54, 1.807) is 0 Å². The van der Waals surface area contributed by atoms with Crippen LogP contribution in [0, 0.1) is 13.8 Å². The van der Waals surface area contributed by atoms with Crippen LogP contribution in [0.3, 0.4) is 0 Å². The van der Waals surface area contributed by atoms with Gasteiger partial charge in [-0.3, -0.25) is 4.98 Å². The average molecular weight is 389 g/mol. The van der Waals surface area contributed by atoms with Crippen molar-refractivity contribution in [1.29, 1.82) is 0 Å². The summed E-state index contributed by atoms with van der Waals surface area (Å²) in [6, 6.07) is 17.3. The first-order valence-corrected chi connectivity index (χ1v) is 9.95. The molecule has 0 bridgehead atoms. The van der Waals surface area contributed by atoms with Gasteiger partial charge in [-0.05, 0) is 48.2 Å². The summed E-state index contributed by atoms with van der Waals surface area (Å²) in [4.78, 5) is 20.1. The van der Waals surface area contributed by atoms with E-state index < -0.39 is 0 Å². The van der Waals surface area contributed by atoms with Crippen molar-refractivity contribution < 1.29 is 0 Å². The van der Waals surface area contributed by atoms with Gasteiger partial charge in [0.2, 0.25) is 0 Å². The Hall–Kier alpha value is -3.99. The van der Waals surface area contributed by atoms with Crippen LogP contribution in [0.25, 0.3) is 55.0 Å². The first kappa shape index (κ1) is 16.9. The number of imidazole rings is 2. The molecule has 2 N–H and O–H groups in total. The Balaban J connectivity index is 1.68. The van der Waals surface area contributed by atoms with Gasteiger partial charge in [-0.2, -0.15) is 0 Å². The minimum Gasteiger partial charge on any atom is -0.342 e. The number of rotatable bonds is 2. The van der Waals surface area contributed by atoms with Gasteiger partial charge in [-0.15, -0.1) is 0 Å². The maximum absolute atomic E-state index is 4.76. The van der Waals surface area contributed by atoms with Crippen molar-refractivity contribution in [3.63, 3.8) is 0 Å². The smallest absolute Gasteiger partial charge is 0.103 e. The number of H-pyrrole nitrogens is 2. The normalized spacial score (nSPS) is 11.7. The Morgan fingerprint density at radius 3 is 1.80 bits per heavy atom. The lowest BCUT2D eigenvalue weighted by Gasteiger charge is -2.12. The van der Waals surface area contributed by atoms with Crippen molar-refractivity contribution >= 4 is 32.4 Å². The van der Waals surface area contributed by atoms with E-state index >= 15 is 0 Å². The van der Waals surface area contributed by atoms with Gasteiger partial charge in [0, 0.05) is 28.1 Å². The molecule has 0 fully saturated rings. The molecule has 0 spiro atoms. The molecule has 30 heavy (non-hydrogen) atoms. The van der Waals surface area contributed by atoms with Crippen LogP contribution in [-0.4, -0.2) is 24.9 Å². The number of pyridine rings is 1. The number of fused-ring (bicyclic) bond motifs is 6. The van der Waals surface area contributed by atoms with Gasteiger partial charge in [-0.1, -0.05) is 30.3 Å². The monoisotopic (exact) mass is 389 g/mol. The molecule has 144 valence electrons. The van der Waals surface area contributed by atoms with E-state index in [4.69, 9.17) is 4.98 Å². The molecule has 3 aromatic carbocycles. The van der Waals surface area contributed by atoms with Crippen LogP contribution in [0.5, 0.6) is 0 Å². The molecule has 0 saturated carbocycles. The van der Waals surface area contributed by atoms with E-state index in [9.17, 15) is 0 Å². The summed E-state index contributed by atoms with van der Waals surface area (Å²) < 4.78 is 0. The van der Waals surface area contributed by atoms with Crippen molar-refractivity contribution in [2.24, 2.45) is 0 Å². The number of aromatic nitrogens is 5. The van der Waals surface area contributed by atoms with Gasteiger partial charge >= 0.3 is 0 Å². The largest absolute Gasteiger partial charge is 0.342 e. The molecular formula is C25H19N5. The Morgan fingerprint density at radius 1 is 0.600 bits per heavy atom. The van der Waals surface area contributed by atoms with Crippen molar-refractivity contribution in [2.75, 3.05) is 0 Å². The fourth-order valence-corrected chi connectivity index (χ4v) is 4.28. The van der Waals surface area contributed by atoms with Crippen LogP contribution in [0.15, 0.2) is 67.1 Å². The molecule has 3 aromatic heterocycles. The zero-order valence-electron chi connectivity index (χ0n) is 16.7. The third-order valence-electron chi connectivity index (χ3n) is 5.71. The summed E-state index contributed by atoms with van der Waals surface area (Å²) in [5.74, 6) is 1.82. The zero-order chi connectivity index (χ0) is 20.2. The summed E-state index contributed by atoms with van der Waals surface area (Å²) in [6.45, 7) is 3.93. The second kappa shape index (κ2) is 6.26. The average Bonchev–Trinajstić information content (AvgIpc) is 3.41. The topological polar surface area (TPSA) is 70.2 Å². The lowest BCUT2D eigenvalue weighted by molar-refractivity contribution is 1.15. The lowest BCUT2D eigenvalue weighted by Crippen LogP contribution is -1.88. The van der Waals surface area contributed by atoms with Crippen molar-refractivity contribution in [3.8, 4) is 22.5 Å². The van der Waals surface area contributed by atoms with E-state index in [-0.39, 0.29) is 0 Å². The molecule has 0 aliphatic carbocycles. The number of nitrogens with one attached hydrogen (secondary N) is 2. The van der Waals surface area contributed by atoms with E-state index in [2.05, 4.69) is 62.4 Å². The predicted octanol–water partition coefficient (Wildman–Crippen LogP) is 5.94. The molecule has 0 aliphatic rings. The van der Waals surface area contributed by atoms with Gasteiger partial charge in [0.15, 0.2) is 0 Å². The first-order valence-electron chi connectivity index (χ1n) is 9.95. The fraction of sp³-hybridized carbons (Fsp3) is 0.0800. The Morgan fingerprint density at radius 2 is 1.20 bits per heavy atom. The third kappa shape index (κ3) is 2.52. The van der Waals surface area contributed by atoms with Gasteiger partial charge in [0.1, 0.15) is 11.6 Å². The van der Waals surface area contributed by atoms with Crippen LogP contribution in [0.2, 0.25) is 0 Å².